The molecule has 0 aromatic rings. The molecule has 17 heavy (non-hydrogen) atoms. The van der Waals surface area contributed by atoms with Crippen molar-refractivity contribution in [2.24, 2.45) is 11.7 Å². The molecule has 0 spiro atoms. The molecule has 0 rings (SSSR count). The van der Waals surface area contributed by atoms with Crippen LogP contribution in [0.3, 0.4) is 0 Å². The second kappa shape index (κ2) is 10.6. The predicted molar refractivity (Wildman–Crippen MR) is 74.1 cm³/mol. The molecule has 0 saturated heterocycles. The fraction of sp³-hybridized carbons (Fsp3) is 0.929. The van der Waals surface area contributed by atoms with Crippen LogP contribution in [0.1, 0.15) is 73.1 Å². The van der Waals surface area contributed by atoms with Crippen LogP contribution >= 0.6 is 0 Å². The molecule has 104 valence electrons. The summed E-state index contributed by atoms with van der Waals surface area (Å²) in [5.41, 5.74) is 5.68. The summed E-state index contributed by atoms with van der Waals surface area (Å²) in [5, 5.41) is 8.27. The Labute approximate surface area is 107 Å². The molecule has 0 aromatic carbocycles. The van der Waals surface area contributed by atoms with E-state index < -0.39 is 5.97 Å². The van der Waals surface area contributed by atoms with Crippen molar-refractivity contribution in [3.63, 3.8) is 0 Å². The molecule has 0 amide bonds. The quantitative estimate of drug-likeness (QED) is 0.670. The summed E-state index contributed by atoms with van der Waals surface area (Å²) in [5.74, 6) is -0.0935. The Morgan fingerprint density at radius 1 is 1.18 bits per heavy atom. The maximum atomic E-state index is 10.0. The fourth-order valence-corrected chi connectivity index (χ4v) is 0.880. The lowest BCUT2D eigenvalue weighted by molar-refractivity contribution is -0.137. The number of aliphatic carboxylic acids is 1. The molecule has 0 aromatic heterocycles. The summed E-state index contributed by atoms with van der Waals surface area (Å²) in [6.45, 7) is 10.5. The summed E-state index contributed by atoms with van der Waals surface area (Å²) in [7, 11) is 0. The topological polar surface area (TPSA) is 63.3 Å². The van der Waals surface area contributed by atoms with Gasteiger partial charge >= 0.3 is 5.97 Å². The van der Waals surface area contributed by atoms with Crippen molar-refractivity contribution >= 4 is 5.97 Å². The first kappa shape index (κ1) is 18.8. The molecular formula is C14H31NO2. The van der Waals surface area contributed by atoms with E-state index in [1.165, 1.54) is 19.3 Å². The molecule has 3 heteroatoms. The first-order valence-corrected chi connectivity index (χ1v) is 6.72. The van der Waals surface area contributed by atoms with E-state index in [-0.39, 0.29) is 5.54 Å². The molecule has 0 saturated carbocycles. The van der Waals surface area contributed by atoms with Gasteiger partial charge < -0.3 is 10.8 Å². The third-order valence-electron chi connectivity index (χ3n) is 2.98. The van der Waals surface area contributed by atoms with E-state index in [0.29, 0.717) is 12.3 Å². The Hall–Kier alpha value is -0.570. The lowest BCUT2D eigenvalue weighted by Crippen LogP contribution is -2.37. The highest BCUT2D eigenvalue weighted by atomic mass is 16.4. The minimum absolute atomic E-state index is 0. The van der Waals surface area contributed by atoms with Gasteiger partial charge in [-0.3, -0.25) is 4.79 Å². The van der Waals surface area contributed by atoms with Gasteiger partial charge in [-0.05, 0) is 26.2 Å². The van der Waals surface area contributed by atoms with Crippen molar-refractivity contribution in [2.45, 2.75) is 78.7 Å². The fourth-order valence-electron chi connectivity index (χ4n) is 0.880. The highest BCUT2D eigenvalue weighted by Crippen LogP contribution is 2.09. The molecule has 3 nitrogen and oxygen atoms in total. The van der Waals surface area contributed by atoms with Gasteiger partial charge in [0.05, 0.1) is 0 Å². The Kier molecular flexibility index (Phi) is 11.7. The Bertz CT molecular complexity index is 183. The van der Waals surface area contributed by atoms with Crippen LogP contribution in [0.5, 0.6) is 0 Å². The van der Waals surface area contributed by atoms with E-state index in [0.717, 1.165) is 12.8 Å². The Morgan fingerprint density at radius 3 is 1.88 bits per heavy atom. The van der Waals surface area contributed by atoms with Crippen molar-refractivity contribution in [1.29, 1.82) is 0 Å². The minimum Gasteiger partial charge on any atom is -0.481 e. The van der Waals surface area contributed by atoms with Gasteiger partial charge in [0.2, 0.25) is 0 Å². The van der Waals surface area contributed by atoms with Crippen LogP contribution in [0, 0.1) is 5.92 Å². The van der Waals surface area contributed by atoms with Crippen LogP contribution in [0.25, 0.3) is 0 Å². The predicted octanol–water partition coefficient (Wildman–Crippen LogP) is 3.81. The molecule has 3 N–H and O–H groups in total. The van der Waals surface area contributed by atoms with Crippen LogP contribution in [-0.2, 0) is 4.79 Å². The van der Waals surface area contributed by atoms with E-state index in [4.69, 9.17) is 10.8 Å². The summed E-state index contributed by atoms with van der Waals surface area (Å²) in [6, 6.07) is 0. The maximum absolute atomic E-state index is 10.0. The Balaban J connectivity index is 0. The van der Waals surface area contributed by atoms with Gasteiger partial charge in [0, 0.05) is 12.0 Å². The maximum Gasteiger partial charge on any atom is 0.303 e. The lowest BCUT2D eigenvalue weighted by atomic mass is 9.92. The molecule has 0 aliphatic heterocycles. The first-order chi connectivity index (χ1) is 7.71. The molecule has 0 atom stereocenters. The molecule has 0 unspecified atom stereocenters. The second-order valence-electron chi connectivity index (χ2n) is 5.53. The van der Waals surface area contributed by atoms with E-state index in [1.54, 1.807) is 0 Å². The lowest BCUT2D eigenvalue weighted by Gasteiger charge is -2.22. The third kappa shape index (κ3) is 18.0. The van der Waals surface area contributed by atoms with Crippen LogP contribution < -0.4 is 5.73 Å². The summed E-state index contributed by atoms with van der Waals surface area (Å²) in [6.07, 6.45) is 5.88. The van der Waals surface area contributed by atoms with Gasteiger partial charge in [0.25, 0.3) is 0 Å². The number of nitrogens with two attached hydrogens (primary N) is 1. The minimum atomic E-state index is -0.670. The van der Waals surface area contributed by atoms with E-state index in [2.05, 4.69) is 20.8 Å². The van der Waals surface area contributed by atoms with Gasteiger partial charge in [0.1, 0.15) is 0 Å². The van der Waals surface area contributed by atoms with E-state index >= 15 is 0 Å². The molecule has 0 radical (unpaired) electrons. The zero-order valence-electron chi connectivity index (χ0n) is 12.3. The largest absolute Gasteiger partial charge is 0.481 e. The van der Waals surface area contributed by atoms with E-state index in [9.17, 15) is 4.79 Å². The van der Waals surface area contributed by atoms with Gasteiger partial charge in [-0.2, -0.15) is 0 Å². The summed E-state index contributed by atoms with van der Waals surface area (Å²) < 4.78 is 0. The highest BCUT2D eigenvalue weighted by Gasteiger charge is 2.14. The van der Waals surface area contributed by atoms with Crippen LogP contribution in [0.2, 0.25) is 0 Å². The number of unbranched alkanes of at least 4 members (excludes halogenated alkanes) is 4. The normalized spacial score (nSPS) is 11.0. The van der Waals surface area contributed by atoms with Crippen LogP contribution in [0.4, 0.5) is 0 Å². The van der Waals surface area contributed by atoms with Gasteiger partial charge in [0.15, 0.2) is 0 Å². The van der Waals surface area contributed by atoms with Crippen LogP contribution in [-0.4, -0.2) is 16.6 Å². The SMILES string of the molecule is CC(C)C(C)(C)N.CCCCCCCC(=O)O. The number of rotatable bonds is 7. The smallest absolute Gasteiger partial charge is 0.303 e. The standard InChI is InChI=1S/C8H16O2.C6H15N/c1-2-3-4-5-6-7-8(9)10;1-5(2)6(3,4)7/h2-7H2,1H3,(H,9,10);5H,7H2,1-4H3. The molecule has 0 aliphatic carbocycles. The average molecular weight is 245 g/mol. The summed E-state index contributed by atoms with van der Waals surface area (Å²) >= 11 is 0. The van der Waals surface area contributed by atoms with Crippen molar-refractivity contribution < 1.29 is 9.90 Å². The van der Waals surface area contributed by atoms with Gasteiger partial charge in [-0.1, -0.05) is 46.5 Å². The van der Waals surface area contributed by atoms with Crippen molar-refractivity contribution in [1.82, 2.24) is 0 Å². The number of hydrogen-bond donors (Lipinski definition) is 2. The number of hydrogen-bond acceptors (Lipinski definition) is 2. The van der Waals surface area contributed by atoms with Gasteiger partial charge in [-0.25, -0.2) is 0 Å². The highest BCUT2D eigenvalue weighted by molar-refractivity contribution is 5.66. The number of carboxylic acid groups (broad SMARTS) is 1. The van der Waals surface area contributed by atoms with Gasteiger partial charge in [-0.15, -0.1) is 0 Å². The Morgan fingerprint density at radius 2 is 1.59 bits per heavy atom. The van der Waals surface area contributed by atoms with E-state index in [1.807, 2.05) is 13.8 Å². The average Bonchev–Trinajstić information content (AvgIpc) is 2.16. The third-order valence-corrected chi connectivity index (χ3v) is 2.98. The number of carboxylic acids is 1. The summed E-state index contributed by atoms with van der Waals surface area (Å²) in [4.78, 5) is 10.0. The van der Waals surface area contributed by atoms with Crippen molar-refractivity contribution in [3.8, 4) is 0 Å². The number of carbonyl (C=O) groups is 1. The zero-order chi connectivity index (χ0) is 13.9. The molecule has 0 bridgehead atoms. The second-order valence-corrected chi connectivity index (χ2v) is 5.53. The molecular weight excluding hydrogens is 214 g/mol. The monoisotopic (exact) mass is 245 g/mol. The molecule has 0 aliphatic rings. The molecule has 0 heterocycles. The first-order valence-electron chi connectivity index (χ1n) is 6.72. The van der Waals surface area contributed by atoms with Crippen molar-refractivity contribution in [3.05, 3.63) is 0 Å². The van der Waals surface area contributed by atoms with Crippen molar-refractivity contribution in [2.75, 3.05) is 0 Å². The molecule has 0 fully saturated rings. The zero-order valence-corrected chi connectivity index (χ0v) is 12.3. The van der Waals surface area contributed by atoms with Crippen LogP contribution in [0.15, 0.2) is 0 Å².